The van der Waals surface area contributed by atoms with E-state index in [9.17, 15) is 27.9 Å². The van der Waals surface area contributed by atoms with Gasteiger partial charge in [-0.05, 0) is 38.5 Å². The van der Waals surface area contributed by atoms with Crippen molar-refractivity contribution in [3.63, 3.8) is 0 Å². The van der Waals surface area contributed by atoms with Crippen LogP contribution in [0.3, 0.4) is 0 Å². The van der Waals surface area contributed by atoms with Crippen molar-refractivity contribution in [2.45, 2.75) is 50.7 Å². The molecule has 3 saturated heterocycles. The van der Waals surface area contributed by atoms with Crippen molar-refractivity contribution >= 4 is 29.1 Å². The quantitative estimate of drug-likeness (QED) is 0.732. The van der Waals surface area contributed by atoms with E-state index in [1.54, 1.807) is 13.8 Å². The molecular formula is C18H17ClF3NO4. The molecule has 0 spiro atoms. The van der Waals surface area contributed by atoms with Gasteiger partial charge in [-0.25, -0.2) is 4.90 Å². The van der Waals surface area contributed by atoms with Crippen LogP contribution in [0.5, 0.6) is 0 Å². The molecule has 3 heterocycles. The van der Waals surface area contributed by atoms with Crippen LogP contribution in [-0.4, -0.2) is 34.2 Å². The number of anilines is 1. The van der Waals surface area contributed by atoms with Crippen LogP contribution in [0, 0.1) is 18.8 Å². The number of carbonyl (C=O) groups excluding carboxylic acids is 2. The minimum atomic E-state index is -4.73. The van der Waals surface area contributed by atoms with Gasteiger partial charge in [-0.3, -0.25) is 9.59 Å². The summed E-state index contributed by atoms with van der Waals surface area (Å²) in [5.74, 6) is -3.05. The summed E-state index contributed by atoms with van der Waals surface area (Å²) < 4.78 is 46.0. The number of alkyl halides is 3. The highest BCUT2D eigenvalue weighted by atomic mass is 35.5. The average Bonchev–Trinajstić information content (AvgIpc) is 3.01. The van der Waals surface area contributed by atoms with E-state index in [0.29, 0.717) is 0 Å². The van der Waals surface area contributed by atoms with Crippen molar-refractivity contribution in [2.24, 2.45) is 11.8 Å². The Labute approximate surface area is 158 Å². The summed E-state index contributed by atoms with van der Waals surface area (Å²) >= 11 is 5.72. The fourth-order valence-corrected chi connectivity index (χ4v) is 5.33. The van der Waals surface area contributed by atoms with Gasteiger partial charge in [0.15, 0.2) is 0 Å². The lowest BCUT2D eigenvalue weighted by molar-refractivity contribution is -0.138. The lowest BCUT2D eigenvalue weighted by Gasteiger charge is -2.31. The fourth-order valence-electron chi connectivity index (χ4n) is 5.02. The largest absolute Gasteiger partial charge is 0.418 e. The van der Waals surface area contributed by atoms with Crippen molar-refractivity contribution in [2.75, 3.05) is 4.90 Å². The maximum absolute atomic E-state index is 13.4. The van der Waals surface area contributed by atoms with E-state index in [1.165, 1.54) is 13.0 Å². The fraction of sp³-hybridized carbons (Fsp3) is 0.556. The third kappa shape index (κ3) is 2.20. The molecule has 0 saturated carbocycles. The van der Waals surface area contributed by atoms with Crippen molar-refractivity contribution < 1.29 is 32.6 Å². The van der Waals surface area contributed by atoms with Gasteiger partial charge in [-0.1, -0.05) is 11.6 Å². The predicted octanol–water partition coefficient (Wildman–Crippen LogP) is 3.09. The Morgan fingerprint density at radius 2 is 1.81 bits per heavy atom. The number of aliphatic hydroxyl groups is 1. The van der Waals surface area contributed by atoms with Crippen LogP contribution >= 0.6 is 11.6 Å². The highest BCUT2D eigenvalue weighted by Gasteiger charge is 2.75. The number of ether oxygens (including phenoxy) is 1. The van der Waals surface area contributed by atoms with E-state index in [1.807, 2.05) is 0 Å². The van der Waals surface area contributed by atoms with Gasteiger partial charge < -0.3 is 9.84 Å². The van der Waals surface area contributed by atoms with Crippen LogP contribution in [0.15, 0.2) is 12.1 Å². The number of imide groups is 1. The zero-order valence-electron chi connectivity index (χ0n) is 14.7. The average molecular weight is 404 g/mol. The van der Waals surface area contributed by atoms with E-state index >= 15 is 0 Å². The molecule has 3 fully saturated rings. The topological polar surface area (TPSA) is 66.8 Å². The molecule has 1 N–H and O–H groups in total. The molecule has 3 aliphatic rings. The van der Waals surface area contributed by atoms with Crippen molar-refractivity contribution in [3.8, 4) is 0 Å². The van der Waals surface area contributed by atoms with Gasteiger partial charge in [0.2, 0.25) is 11.8 Å². The zero-order valence-corrected chi connectivity index (χ0v) is 15.5. The number of halogens is 4. The Hall–Kier alpha value is -1.64. The Kier molecular flexibility index (Phi) is 3.63. The molecule has 27 heavy (non-hydrogen) atoms. The lowest BCUT2D eigenvalue weighted by Crippen LogP contribution is -2.49. The van der Waals surface area contributed by atoms with Crippen LogP contribution in [0.25, 0.3) is 0 Å². The van der Waals surface area contributed by atoms with Gasteiger partial charge >= 0.3 is 6.18 Å². The number of carbonyl (C=O) groups is 2. The first-order valence-electron chi connectivity index (χ1n) is 8.45. The van der Waals surface area contributed by atoms with Crippen LogP contribution in [-0.2, 0) is 20.5 Å². The van der Waals surface area contributed by atoms with E-state index in [2.05, 4.69) is 0 Å². The maximum atomic E-state index is 13.4. The monoisotopic (exact) mass is 403 g/mol. The predicted molar refractivity (Wildman–Crippen MR) is 89.2 cm³/mol. The number of amides is 2. The second-order valence-electron chi connectivity index (χ2n) is 7.85. The third-order valence-electron chi connectivity index (χ3n) is 6.20. The molecule has 1 aromatic carbocycles. The van der Waals surface area contributed by atoms with Crippen molar-refractivity contribution in [1.29, 1.82) is 0 Å². The normalized spacial score (nSPS) is 38.1. The highest BCUT2D eigenvalue weighted by Crippen LogP contribution is 2.61. The minimum Gasteiger partial charge on any atom is -0.390 e. The van der Waals surface area contributed by atoms with Gasteiger partial charge in [-0.2, -0.15) is 13.2 Å². The molecule has 146 valence electrons. The minimum absolute atomic E-state index is 0.141. The number of hydrogen-bond acceptors (Lipinski definition) is 4. The number of aliphatic hydroxyl groups excluding tert-OH is 1. The van der Waals surface area contributed by atoms with Crippen molar-refractivity contribution in [3.05, 3.63) is 28.3 Å². The number of benzene rings is 1. The Balaban J connectivity index is 1.85. The smallest absolute Gasteiger partial charge is 0.390 e. The number of nitrogens with zero attached hydrogens (tertiary/aromatic N) is 1. The maximum Gasteiger partial charge on any atom is 0.418 e. The second-order valence-corrected chi connectivity index (χ2v) is 8.26. The third-order valence-corrected chi connectivity index (χ3v) is 6.52. The van der Waals surface area contributed by atoms with E-state index in [-0.39, 0.29) is 17.7 Å². The first kappa shape index (κ1) is 18.7. The first-order chi connectivity index (χ1) is 12.3. The van der Waals surface area contributed by atoms with Gasteiger partial charge in [0, 0.05) is 6.42 Å². The summed E-state index contributed by atoms with van der Waals surface area (Å²) in [4.78, 5) is 26.9. The molecule has 3 aliphatic heterocycles. The molecule has 9 heteroatoms. The van der Waals surface area contributed by atoms with Crippen LogP contribution < -0.4 is 4.90 Å². The van der Waals surface area contributed by atoms with Gasteiger partial charge in [-0.15, -0.1) is 0 Å². The number of rotatable bonds is 1. The summed E-state index contributed by atoms with van der Waals surface area (Å²) in [6.07, 6.45) is -5.47. The standard InChI is InChI=1S/C18H17ClF3NO4/c1-7-9(5-4-8(19)11(7)18(20,21)22)23-14(25)12-13(15(23)26)17(3)10(24)6-16(12,2)27-17/h4-5,10,12-13,24H,6H2,1-3H3/t10?,12?,13-,16?,17?/m1/s1. The summed E-state index contributed by atoms with van der Waals surface area (Å²) in [5, 5.41) is 9.82. The molecule has 0 aliphatic carbocycles. The summed E-state index contributed by atoms with van der Waals surface area (Å²) in [7, 11) is 0. The highest BCUT2D eigenvalue weighted by molar-refractivity contribution is 6.32. The number of fused-ring (bicyclic) bond motifs is 5. The van der Waals surface area contributed by atoms with E-state index in [0.717, 1.165) is 11.0 Å². The van der Waals surface area contributed by atoms with Crippen LogP contribution in [0.4, 0.5) is 18.9 Å². The van der Waals surface area contributed by atoms with E-state index < -0.39 is 57.7 Å². The molecular weight excluding hydrogens is 387 g/mol. The van der Waals surface area contributed by atoms with E-state index in [4.69, 9.17) is 16.3 Å². The number of hydrogen-bond donors (Lipinski definition) is 1. The summed E-state index contributed by atoms with van der Waals surface area (Å²) in [6.45, 7) is 4.40. The molecule has 1 aromatic rings. The molecule has 4 unspecified atom stereocenters. The van der Waals surface area contributed by atoms with Gasteiger partial charge in [0.25, 0.3) is 0 Å². The first-order valence-corrected chi connectivity index (χ1v) is 8.83. The van der Waals surface area contributed by atoms with Gasteiger partial charge in [0.05, 0.1) is 39.8 Å². The Morgan fingerprint density at radius 1 is 1.22 bits per heavy atom. The van der Waals surface area contributed by atoms with Crippen molar-refractivity contribution in [1.82, 2.24) is 0 Å². The Morgan fingerprint density at radius 3 is 2.41 bits per heavy atom. The second kappa shape index (κ2) is 5.24. The van der Waals surface area contributed by atoms with Crippen LogP contribution in [0.2, 0.25) is 5.02 Å². The molecule has 5 nitrogen and oxygen atoms in total. The molecule has 2 amide bonds. The molecule has 4 rings (SSSR count). The molecule has 0 radical (unpaired) electrons. The van der Waals surface area contributed by atoms with Gasteiger partial charge in [0.1, 0.15) is 5.60 Å². The zero-order chi connectivity index (χ0) is 20.1. The lowest BCUT2D eigenvalue weighted by atomic mass is 9.67. The molecule has 5 atom stereocenters. The SMILES string of the molecule is Cc1c(N2C(=O)C3[C@H](C2=O)C2(C)OC3(C)CC2O)ccc(Cl)c1C(F)(F)F. The van der Waals surface area contributed by atoms with Crippen LogP contribution in [0.1, 0.15) is 31.4 Å². The summed E-state index contributed by atoms with van der Waals surface area (Å²) in [5.41, 5.74) is -3.78. The molecule has 2 bridgehead atoms. The summed E-state index contributed by atoms with van der Waals surface area (Å²) in [6, 6.07) is 2.28. The Bertz CT molecular complexity index is 888. The molecule has 0 aromatic heterocycles.